The van der Waals surface area contributed by atoms with Crippen LogP contribution in [0.15, 0.2) is 18.2 Å². The predicted molar refractivity (Wildman–Crippen MR) is 73.5 cm³/mol. The summed E-state index contributed by atoms with van der Waals surface area (Å²) in [6.45, 7) is 7.85. The predicted octanol–water partition coefficient (Wildman–Crippen LogP) is 3.86. The molecule has 0 aromatic heterocycles. The maximum absolute atomic E-state index is 6.07. The van der Waals surface area contributed by atoms with Gasteiger partial charge in [-0.3, -0.25) is 0 Å². The summed E-state index contributed by atoms with van der Waals surface area (Å²) in [5.74, 6) is 2.09. The second kappa shape index (κ2) is 6.87. The van der Waals surface area contributed by atoms with Crippen molar-refractivity contribution < 1.29 is 4.74 Å². The van der Waals surface area contributed by atoms with Crippen molar-refractivity contribution in [3.05, 3.63) is 28.8 Å². The van der Waals surface area contributed by atoms with Crippen molar-refractivity contribution in [3.63, 3.8) is 0 Å². The number of nitrogens with two attached hydrogens (primary N) is 1. The maximum Gasteiger partial charge on any atom is 0.120 e. The Hall–Kier alpha value is -0.730. The van der Waals surface area contributed by atoms with E-state index in [1.165, 1.54) is 6.42 Å². The molecule has 96 valence electrons. The molecule has 2 N–H and O–H groups in total. The van der Waals surface area contributed by atoms with Gasteiger partial charge in [0.25, 0.3) is 0 Å². The van der Waals surface area contributed by atoms with Gasteiger partial charge in [-0.25, -0.2) is 0 Å². The minimum absolute atomic E-state index is 0.461. The normalized spacial score (nSPS) is 12.8. The fourth-order valence-corrected chi connectivity index (χ4v) is 2.14. The first-order chi connectivity index (χ1) is 8.02. The first-order valence-corrected chi connectivity index (χ1v) is 6.52. The number of benzene rings is 1. The molecule has 0 amide bonds. The highest BCUT2D eigenvalue weighted by Gasteiger charge is 2.07. The van der Waals surface area contributed by atoms with Crippen LogP contribution in [0.2, 0.25) is 5.02 Å². The Kier molecular flexibility index (Phi) is 5.79. The maximum atomic E-state index is 6.07. The topological polar surface area (TPSA) is 35.2 Å². The van der Waals surface area contributed by atoms with E-state index >= 15 is 0 Å². The average Bonchev–Trinajstić information content (AvgIpc) is 2.25. The first kappa shape index (κ1) is 14.3. The highest BCUT2D eigenvalue weighted by Crippen LogP contribution is 2.23. The molecule has 2 nitrogen and oxygen atoms in total. The van der Waals surface area contributed by atoms with Crippen LogP contribution in [0.25, 0.3) is 0 Å². The van der Waals surface area contributed by atoms with Gasteiger partial charge < -0.3 is 10.5 Å². The molecule has 1 atom stereocenters. The van der Waals surface area contributed by atoms with Crippen LogP contribution in [-0.2, 0) is 6.54 Å². The molecule has 0 spiro atoms. The molecule has 0 aliphatic rings. The van der Waals surface area contributed by atoms with E-state index in [0.717, 1.165) is 17.9 Å². The molecule has 0 saturated heterocycles. The zero-order valence-electron chi connectivity index (χ0n) is 10.9. The molecule has 3 heteroatoms. The summed E-state index contributed by atoms with van der Waals surface area (Å²) in [5.41, 5.74) is 6.51. The van der Waals surface area contributed by atoms with Crippen molar-refractivity contribution in [1.82, 2.24) is 0 Å². The fraction of sp³-hybridized carbons (Fsp3) is 0.571. The van der Waals surface area contributed by atoms with Crippen LogP contribution in [0.4, 0.5) is 0 Å². The summed E-state index contributed by atoms with van der Waals surface area (Å²) in [7, 11) is 0. The van der Waals surface area contributed by atoms with E-state index in [2.05, 4.69) is 20.8 Å². The van der Waals surface area contributed by atoms with Gasteiger partial charge in [0.2, 0.25) is 0 Å². The van der Waals surface area contributed by atoms with Crippen LogP contribution in [0.3, 0.4) is 0 Å². The Labute approximate surface area is 109 Å². The average molecular weight is 256 g/mol. The van der Waals surface area contributed by atoms with Gasteiger partial charge in [-0.05, 0) is 36.0 Å². The van der Waals surface area contributed by atoms with Gasteiger partial charge in [0.05, 0.1) is 6.61 Å². The minimum atomic E-state index is 0.461. The molecular weight excluding hydrogens is 234 g/mol. The van der Waals surface area contributed by atoms with Crippen molar-refractivity contribution in [1.29, 1.82) is 0 Å². The van der Waals surface area contributed by atoms with Gasteiger partial charge >= 0.3 is 0 Å². The number of ether oxygens (including phenoxy) is 1. The zero-order chi connectivity index (χ0) is 12.8. The quantitative estimate of drug-likeness (QED) is 0.838. The number of hydrogen-bond acceptors (Lipinski definition) is 2. The molecule has 0 aliphatic carbocycles. The van der Waals surface area contributed by atoms with E-state index < -0.39 is 0 Å². The van der Waals surface area contributed by atoms with Gasteiger partial charge in [0, 0.05) is 11.6 Å². The van der Waals surface area contributed by atoms with E-state index in [1.54, 1.807) is 0 Å². The van der Waals surface area contributed by atoms with Gasteiger partial charge in [-0.2, -0.15) is 0 Å². The van der Waals surface area contributed by atoms with Gasteiger partial charge in [0.1, 0.15) is 5.75 Å². The molecule has 1 aromatic carbocycles. The van der Waals surface area contributed by atoms with Gasteiger partial charge in [-0.15, -0.1) is 0 Å². The molecule has 0 heterocycles. The molecule has 17 heavy (non-hydrogen) atoms. The molecule has 1 aromatic rings. The first-order valence-electron chi connectivity index (χ1n) is 6.14. The Morgan fingerprint density at radius 2 is 2.00 bits per heavy atom. The lowest BCUT2D eigenvalue weighted by Crippen LogP contribution is -2.11. The molecule has 1 rings (SSSR count). The highest BCUT2D eigenvalue weighted by atomic mass is 35.5. The second-order valence-electron chi connectivity index (χ2n) is 5.00. The van der Waals surface area contributed by atoms with Crippen LogP contribution in [0, 0.1) is 11.8 Å². The molecule has 0 bridgehead atoms. The fourth-order valence-electron chi connectivity index (χ4n) is 1.89. The van der Waals surface area contributed by atoms with Crippen molar-refractivity contribution in [3.8, 4) is 5.75 Å². The number of hydrogen-bond donors (Lipinski definition) is 1. The van der Waals surface area contributed by atoms with E-state index in [0.29, 0.717) is 23.4 Å². The molecule has 0 fully saturated rings. The third-order valence-electron chi connectivity index (χ3n) is 2.65. The Balaban J connectivity index is 2.49. The molecule has 0 radical (unpaired) electrons. The van der Waals surface area contributed by atoms with Crippen molar-refractivity contribution in [2.75, 3.05) is 6.61 Å². The summed E-state index contributed by atoms with van der Waals surface area (Å²) in [6.07, 6.45) is 1.18. The number of halogens is 1. The third-order valence-corrected chi connectivity index (χ3v) is 3.00. The lowest BCUT2D eigenvalue weighted by Gasteiger charge is -2.15. The summed E-state index contributed by atoms with van der Waals surface area (Å²) < 4.78 is 5.72. The smallest absolute Gasteiger partial charge is 0.120 e. The molecule has 1 unspecified atom stereocenters. The van der Waals surface area contributed by atoms with Crippen molar-refractivity contribution >= 4 is 11.6 Å². The van der Waals surface area contributed by atoms with E-state index in [-0.39, 0.29) is 0 Å². The highest BCUT2D eigenvalue weighted by molar-refractivity contribution is 6.31. The Morgan fingerprint density at radius 3 is 2.53 bits per heavy atom. The van der Waals surface area contributed by atoms with E-state index in [1.807, 2.05) is 18.2 Å². The Morgan fingerprint density at radius 1 is 1.29 bits per heavy atom. The van der Waals surface area contributed by atoms with Crippen molar-refractivity contribution in [2.24, 2.45) is 17.6 Å². The van der Waals surface area contributed by atoms with Crippen LogP contribution >= 0.6 is 11.6 Å². The standard InChI is InChI=1S/C14H22ClNO/c1-10(2)6-11(3)9-17-13-5-4-12(8-16)14(15)7-13/h4-5,7,10-11H,6,8-9,16H2,1-3H3. The van der Waals surface area contributed by atoms with Gasteiger partial charge in [-0.1, -0.05) is 38.4 Å². The minimum Gasteiger partial charge on any atom is -0.493 e. The van der Waals surface area contributed by atoms with E-state index in [9.17, 15) is 0 Å². The lowest BCUT2D eigenvalue weighted by atomic mass is 10.00. The van der Waals surface area contributed by atoms with Crippen LogP contribution < -0.4 is 10.5 Å². The summed E-state index contributed by atoms with van der Waals surface area (Å²) in [6, 6.07) is 5.69. The summed E-state index contributed by atoms with van der Waals surface area (Å²) >= 11 is 6.07. The van der Waals surface area contributed by atoms with Gasteiger partial charge in [0.15, 0.2) is 0 Å². The van der Waals surface area contributed by atoms with Crippen molar-refractivity contribution in [2.45, 2.75) is 33.7 Å². The summed E-state index contributed by atoms with van der Waals surface area (Å²) in [5, 5.41) is 0.682. The zero-order valence-corrected chi connectivity index (χ0v) is 11.6. The monoisotopic (exact) mass is 255 g/mol. The van der Waals surface area contributed by atoms with E-state index in [4.69, 9.17) is 22.1 Å². The molecular formula is C14H22ClNO. The van der Waals surface area contributed by atoms with Crippen LogP contribution in [0.5, 0.6) is 5.75 Å². The molecule has 0 aliphatic heterocycles. The molecule has 0 saturated carbocycles. The summed E-state index contributed by atoms with van der Waals surface area (Å²) in [4.78, 5) is 0. The van der Waals surface area contributed by atoms with Crippen LogP contribution in [-0.4, -0.2) is 6.61 Å². The SMILES string of the molecule is CC(C)CC(C)COc1ccc(CN)c(Cl)c1. The lowest BCUT2D eigenvalue weighted by molar-refractivity contribution is 0.239. The number of rotatable bonds is 6. The largest absolute Gasteiger partial charge is 0.493 e. The second-order valence-corrected chi connectivity index (χ2v) is 5.41. The Bertz CT molecular complexity index is 352. The van der Waals surface area contributed by atoms with Crippen LogP contribution in [0.1, 0.15) is 32.8 Å². The third kappa shape index (κ3) is 4.97.